The number of rotatable bonds is 1. The van der Waals surface area contributed by atoms with Gasteiger partial charge in [-0.25, -0.2) is 0 Å². The molecule has 0 bridgehead atoms. The Labute approximate surface area is 77.9 Å². The number of hydrogen-bond acceptors (Lipinski definition) is 2. The van der Waals surface area contributed by atoms with Crippen molar-refractivity contribution in [2.75, 3.05) is 0 Å². The molecule has 0 N–H and O–H groups in total. The van der Waals surface area contributed by atoms with Gasteiger partial charge in [0.05, 0.1) is 0 Å². The minimum atomic E-state index is 0.588. The number of nitrogens with zero attached hydrogens (tertiary/aromatic N) is 1. The normalized spacial score (nSPS) is 20.8. The van der Waals surface area contributed by atoms with Crippen LogP contribution in [0.2, 0.25) is 0 Å². The molecule has 0 amide bonds. The first-order valence-corrected chi connectivity index (χ1v) is 4.78. The first kappa shape index (κ1) is 8.42. The van der Waals surface area contributed by atoms with Gasteiger partial charge in [0.2, 0.25) is 0 Å². The molecule has 68 valence electrons. The third-order valence-corrected chi connectivity index (χ3v) is 2.88. The van der Waals surface area contributed by atoms with Crippen molar-refractivity contribution in [1.29, 1.82) is 0 Å². The highest BCUT2D eigenvalue weighted by Gasteiger charge is 2.18. The summed E-state index contributed by atoms with van der Waals surface area (Å²) in [7, 11) is 0. The van der Waals surface area contributed by atoms with Crippen molar-refractivity contribution in [2.45, 2.75) is 32.1 Å². The van der Waals surface area contributed by atoms with Crippen LogP contribution in [0.1, 0.15) is 36.8 Å². The molecule has 1 aromatic carbocycles. The molecule has 1 unspecified atom stereocenters. The minimum absolute atomic E-state index is 0.588. The minimum Gasteiger partial charge on any atom is -0.145 e. The molecule has 1 aliphatic carbocycles. The van der Waals surface area contributed by atoms with Crippen LogP contribution in [0, 0.1) is 4.91 Å². The highest BCUT2D eigenvalue weighted by molar-refractivity contribution is 5.52. The molecule has 0 fully saturated rings. The van der Waals surface area contributed by atoms with E-state index in [1.807, 2.05) is 12.1 Å². The average molecular weight is 175 g/mol. The summed E-state index contributed by atoms with van der Waals surface area (Å²) in [5, 5.41) is 3.07. The fourth-order valence-electron chi connectivity index (χ4n) is 2.15. The van der Waals surface area contributed by atoms with E-state index in [1.54, 1.807) is 0 Å². The van der Waals surface area contributed by atoms with E-state index in [-0.39, 0.29) is 0 Å². The largest absolute Gasteiger partial charge is 0.145 e. The standard InChI is InChI=1S/C11H13NO/c1-8-4-2-6-10-9(8)5-3-7-11(10)12-13/h3,5,7-8H,2,4,6H2,1H3. The molecule has 0 saturated carbocycles. The molecule has 0 aromatic heterocycles. The van der Waals surface area contributed by atoms with Crippen molar-refractivity contribution in [3.05, 3.63) is 34.2 Å². The van der Waals surface area contributed by atoms with Crippen LogP contribution < -0.4 is 0 Å². The Hall–Kier alpha value is -1.18. The lowest BCUT2D eigenvalue weighted by molar-refractivity contribution is 0.591. The van der Waals surface area contributed by atoms with Gasteiger partial charge >= 0.3 is 0 Å². The maximum Gasteiger partial charge on any atom is 0.111 e. The van der Waals surface area contributed by atoms with Crippen molar-refractivity contribution >= 4 is 5.69 Å². The second-order valence-corrected chi connectivity index (χ2v) is 3.73. The van der Waals surface area contributed by atoms with E-state index < -0.39 is 0 Å². The molecule has 2 heteroatoms. The van der Waals surface area contributed by atoms with Crippen molar-refractivity contribution in [2.24, 2.45) is 5.18 Å². The molecule has 1 aromatic rings. The summed E-state index contributed by atoms with van der Waals surface area (Å²) in [5.74, 6) is 0.588. The fourth-order valence-corrected chi connectivity index (χ4v) is 2.15. The monoisotopic (exact) mass is 175 g/mol. The lowest BCUT2D eigenvalue weighted by Gasteiger charge is -2.22. The van der Waals surface area contributed by atoms with E-state index in [4.69, 9.17) is 0 Å². The molecule has 1 atom stereocenters. The van der Waals surface area contributed by atoms with Gasteiger partial charge in [0.25, 0.3) is 0 Å². The van der Waals surface area contributed by atoms with E-state index in [0.29, 0.717) is 11.6 Å². The predicted octanol–water partition coefficient (Wildman–Crippen LogP) is 3.52. The molecule has 13 heavy (non-hydrogen) atoms. The molecular formula is C11H13NO. The van der Waals surface area contributed by atoms with Gasteiger partial charge in [0, 0.05) is 0 Å². The van der Waals surface area contributed by atoms with Gasteiger partial charge in [-0.2, -0.15) is 0 Å². The van der Waals surface area contributed by atoms with Crippen molar-refractivity contribution in [3.8, 4) is 0 Å². The first-order chi connectivity index (χ1) is 6.33. The second kappa shape index (κ2) is 3.29. The Morgan fingerprint density at radius 3 is 3.08 bits per heavy atom. The molecular weight excluding hydrogens is 162 g/mol. The zero-order chi connectivity index (χ0) is 9.26. The van der Waals surface area contributed by atoms with Crippen molar-refractivity contribution < 1.29 is 0 Å². The summed E-state index contributed by atoms with van der Waals surface area (Å²) in [6.07, 6.45) is 3.43. The topological polar surface area (TPSA) is 29.4 Å². The third-order valence-electron chi connectivity index (χ3n) is 2.88. The Bertz CT molecular complexity index is 333. The number of nitroso groups, excluding NO2 is 1. The van der Waals surface area contributed by atoms with Crippen LogP contribution >= 0.6 is 0 Å². The van der Waals surface area contributed by atoms with Gasteiger partial charge in [-0.1, -0.05) is 19.1 Å². The molecule has 0 spiro atoms. The third kappa shape index (κ3) is 1.37. The quantitative estimate of drug-likeness (QED) is 0.600. The van der Waals surface area contributed by atoms with Gasteiger partial charge < -0.3 is 0 Å². The SMILES string of the molecule is CC1CCCc2c(N=O)cccc21. The van der Waals surface area contributed by atoms with Gasteiger partial charge in [-0.3, -0.25) is 0 Å². The first-order valence-electron chi connectivity index (χ1n) is 4.78. The van der Waals surface area contributed by atoms with Crippen LogP contribution in [-0.4, -0.2) is 0 Å². The van der Waals surface area contributed by atoms with Crippen molar-refractivity contribution in [3.63, 3.8) is 0 Å². The van der Waals surface area contributed by atoms with Crippen LogP contribution in [0.4, 0.5) is 5.69 Å². The summed E-state index contributed by atoms with van der Waals surface area (Å²) < 4.78 is 0. The van der Waals surface area contributed by atoms with E-state index in [2.05, 4.69) is 18.2 Å². The smallest absolute Gasteiger partial charge is 0.111 e. The summed E-state index contributed by atoms with van der Waals surface area (Å²) in [6, 6.07) is 5.86. The van der Waals surface area contributed by atoms with E-state index in [0.717, 1.165) is 6.42 Å². The summed E-state index contributed by atoms with van der Waals surface area (Å²) >= 11 is 0. The maximum absolute atomic E-state index is 10.5. The van der Waals surface area contributed by atoms with Crippen LogP contribution in [0.25, 0.3) is 0 Å². The van der Waals surface area contributed by atoms with Gasteiger partial charge in [0.1, 0.15) is 5.69 Å². The average Bonchev–Trinajstić information content (AvgIpc) is 2.18. The van der Waals surface area contributed by atoms with E-state index >= 15 is 0 Å². The van der Waals surface area contributed by atoms with E-state index in [9.17, 15) is 4.91 Å². The van der Waals surface area contributed by atoms with Crippen LogP contribution in [0.3, 0.4) is 0 Å². The Balaban J connectivity index is 2.54. The zero-order valence-electron chi connectivity index (χ0n) is 7.79. The fraction of sp³-hybridized carbons (Fsp3) is 0.455. The Kier molecular flexibility index (Phi) is 2.13. The Morgan fingerprint density at radius 1 is 1.46 bits per heavy atom. The highest BCUT2D eigenvalue weighted by atomic mass is 16.3. The molecule has 0 radical (unpaired) electrons. The lowest BCUT2D eigenvalue weighted by Crippen LogP contribution is -2.06. The van der Waals surface area contributed by atoms with Crippen molar-refractivity contribution in [1.82, 2.24) is 0 Å². The van der Waals surface area contributed by atoms with Gasteiger partial charge in [-0.15, -0.1) is 4.91 Å². The maximum atomic E-state index is 10.5. The van der Waals surface area contributed by atoms with Crippen LogP contribution in [0.15, 0.2) is 23.4 Å². The zero-order valence-corrected chi connectivity index (χ0v) is 7.79. The van der Waals surface area contributed by atoms with Crippen LogP contribution in [0.5, 0.6) is 0 Å². The number of hydrogen-bond donors (Lipinski definition) is 0. The van der Waals surface area contributed by atoms with Crippen LogP contribution in [-0.2, 0) is 6.42 Å². The molecule has 0 aliphatic heterocycles. The molecule has 0 saturated heterocycles. The molecule has 0 heterocycles. The van der Waals surface area contributed by atoms with E-state index in [1.165, 1.54) is 24.0 Å². The summed E-state index contributed by atoms with van der Waals surface area (Å²) in [4.78, 5) is 10.5. The highest BCUT2D eigenvalue weighted by Crippen LogP contribution is 2.35. The molecule has 2 rings (SSSR count). The second-order valence-electron chi connectivity index (χ2n) is 3.73. The lowest BCUT2D eigenvalue weighted by atomic mass is 9.83. The number of benzene rings is 1. The Morgan fingerprint density at radius 2 is 2.31 bits per heavy atom. The predicted molar refractivity (Wildman–Crippen MR) is 53.3 cm³/mol. The molecule has 1 aliphatic rings. The summed E-state index contributed by atoms with van der Waals surface area (Å²) in [5.41, 5.74) is 3.14. The molecule has 2 nitrogen and oxygen atoms in total. The van der Waals surface area contributed by atoms with Gasteiger partial charge in [0.15, 0.2) is 0 Å². The number of fused-ring (bicyclic) bond motifs is 1. The van der Waals surface area contributed by atoms with Gasteiger partial charge in [-0.05, 0) is 47.6 Å². The summed E-state index contributed by atoms with van der Waals surface area (Å²) in [6.45, 7) is 2.21.